The average molecular weight is 235 g/mol. The molecule has 0 spiro atoms. The van der Waals surface area contributed by atoms with Crippen molar-refractivity contribution in [2.75, 3.05) is 19.0 Å². The van der Waals surface area contributed by atoms with Crippen LogP contribution in [0.4, 0.5) is 5.82 Å². The highest BCUT2D eigenvalue weighted by Crippen LogP contribution is 2.24. The number of ether oxygens (including phenoxy) is 1. The number of nitrogens with one attached hydrogen (secondary N) is 1. The molecule has 0 atom stereocenters. The standard InChI is InChI=1S/C13H21N3O/c1-6-7-8-17-13-10(4)12(14-5)15-11(16-13)9(2)3/h6,9H,1,7-8H2,2-5H3,(H,14,15,16). The monoisotopic (exact) mass is 235 g/mol. The van der Waals surface area contributed by atoms with Crippen molar-refractivity contribution < 1.29 is 4.74 Å². The molecule has 0 amide bonds. The van der Waals surface area contributed by atoms with Crippen molar-refractivity contribution in [2.24, 2.45) is 0 Å². The molecule has 1 rings (SSSR count). The molecule has 0 aliphatic carbocycles. The molecule has 0 unspecified atom stereocenters. The number of hydrogen-bond acceptors (Lipinski definition) is 4. The van der Waals surface area contributed by atoms with E-state index in [2.05, 4.69) is 35.7 Å². The number of aromatic nitrogens is 2. The van der Waals surface area contributed by atoms with Gasteiger partial charge in [0.05, 0.1) is 12.2 Å². The second-order valence-corrected chi connectivity index (χ2v) is 4.19. The Morgan fingerprint density at radius 3 is 2.65 bits per heavy atom. The number of hydrogen-bond donors (Lipinski definition) is 1. The predicted octanol–water partition coefficient (Wildman–Crippen LogP) is 2.91. The summed E-state index contributed by atoms with van der Waals surface area (Å²) in [4.78, 5) is 8.90. The Morgan fingerprint density at radius 2 is 2.12 bits per heavy atom. The van der Waals surface area contributed by atoms with E-state index in [4.69, 9.17) is 4.74 Å². The van der Waals surface area contributed by atoms with E-state index in [9.17, 15) is 0 Å². The van der Waals surface area contributed by atoms with Crippen molar-refractivity contribution in [3.8, 4) is 5.88 Å². The summed E-state index contributed by atoms with van der Waals surface area (Å²) in [5.41, 5.74) is 0.945. The normalized spacial score (nSPS) is 10.4. The molecule has 17 heavy (non-hydrogen) atoms. The minimum absolute atomic E-state index is 0.282. The van der Waals surface area contributed by atoms with Gasteiger partial charge in [0.25, 0.3) is 0 Å². The minimum Gasteiger partial charge on any atom is -0.477 e. The maximum absolute atomic E-state index is 5.65. The van der Waals surface area contributed by atoms with Crippen LogP contribution >= 0.6 is 0 Å². The molecule has 0 saturated heterocycles. The van der Waals surface area contributed by atoms with Crippen LogP contribution in [0.1, 0.15) is 37.6 Å². The van der Waals surface area contributed by atoms with E-state index < -0.39 is 0 Å². The fraction of sp³-hybridized carbons (Fsp3) is 0.538. The van der Waals surface area contributed by atoms with Crippen molar-refractivity contribution in [2.45, 2.75) is 33.1 Å². The molecule has 0 aromatic carbocycles. The van der Waals surface area contributed by atoms with E-state index in [1.165, 1.54) is 0 Å². The van der Waals surface area contributed by atoms with Gasteiger partial charge in [-0.15, -0.1) is 6.58 Å². The maximum Gasteiger partial charge on any atom is 0.221 e. The molecule has 94 valence electrons. The van der Waals surface area contributed by atoms with Gasteiger partial charge in [-0.1, -0.05) is 19.9 Å². The molecular formula is C13H21N3O. The summed E-state index contributed by atoms with van der Waals surface area (Å²) in [5, 5.41) is 3.07. The van der Waals surface area contributed by atoms with Crippen LogP contribution in [0.2, 0.25) is 0 Å². The van der Waals surface area contributed by atoms with Crippen LogP contribution in [-0.4, -0.2) is 23.6 Å². The Morgan fingerprint density at radius 1 is 1.41 bits per heavy atom. The highest BCUT2D eigenvalue weighted by atomic mass is 16.5. The predicted molar refractivity (Wildman–Crippen MR) is 70.7 cm³/mol. The maximum atomic E-state index is 5.65. The molecular weight excluding hydrogens is 214 g/mol. The molecule has 4 heteroatoms. The zero-order valence-electron chi connectivity index (χ0n) is 11.1. The lowest BCUT2D eigenvalue weighted by Gasteiger charge is -2.14. The molecule has 0 bridgehead atoms. The molecule has 1 aromatic rings. The van der Waals surface area contributed by atoms with Gasteiger partial charge in [-0.05, 0) is 13.3 Å². The van der Waals surface area contributed by atoms with Gasteiger partial charge in [-0.25, -0.2) is 4.98 Å². The van der Waals surface area contributed by atoms with Gasteiger partial charge < -0.3 is 10.1 Å². The van der Waals surface area contributed by atoms with Crippen molar-refractivity contribution in [1.29, 1.82) is 0 Å². The van der Waals surface area contributed by atoms with Crippen LogP contribution in [0.5, 0.6) is 5.88 Å². The first kappa shape index (κ1) is 13.5. The minimum atomic E-state index is 0.282. The Kier molecular flexibility index (Phi) is 4.94. The molecule has 0 saturated carbocycles. The van der Waals surface area contributed by atoms with Crippen molar-refractivity contribution in [1.82, 2.24) is 9.97 Å². The largest absolute Gasteiger partial charge is 0.477 e. The van der Waals surface area contributed by atoms with Gasteiger partial charge in [-0.2, -0.15) is 4.98 Å². The van der Waals surface area contributed by atoms with E-state index in [0.717, 1.165) is 23.6 Å². The molecule has 1 aromatic heterocycles. The fourth-order valence-corrected chi connectivity index (χ4v) is 1.39. The van der Waals surface area contributed by atoms with E-state index in [1.54, 1.807) is 0 Å². The lowest BCUT2D eigenvalue weighted by Crippen LogP contribution is -2.08. The van der Waals surface area contributed by atoms with Gasteiger partial charge in [0.15, 0.2) is 0 Å². The lowest BCUT2D eigenvalue weighted by molar-refractivity contribution is 0.308. The summed E-state index contributed by atoms with van der Waals surface area (Å²) in [7, 11) is 1.85. The van der Waals surface area contributed by atoms with Crippen molar-refractivity contribution >= 4 is 5.82 Å². The van der Waals surface area contributed by atoms with Crippen LogP contribution < -0.4 is 10.1 Å². The third-order valence-electron chi connectivity index (χ3n) is 2.43. The molecule has 1 N–H and O–H groups in total. The summed E-state index contributed by atoms with van der Waals surface area (Å²) in [6.45, 7) is 10.4. The molecule has 0 radical (unpaired) electrons. The summed E-state index contributed by atoms with van der Waals surface area (Å²) in [6, 6.07) is 0. The van der Waals surface area contributed by atoms with Crippen LogP contribution in [0.3, 0.4) is 0 Å². The SMILES string of the molecule is C=CCCOc1nc(C(C)C)nc(NC)c1C. The summed E-state index contributed by atoms with van der Waals surface area (Å²) in [6.07, 6.45) is 2.65. The molecule has 1 heterocycles. The molecule has 0 aliphatic rings. The topological polar surface area (TPSA) is 47.0 Å². The first-order valence-electron chi connectivity index (χ1n) is 5.90. The van der Waals surface area contributed by atoms with Gasteiger partial charge in [-0.3, -0.25) is 0 Å². The van der Waals surface area contributed by atoms with Crippen LogP contribution in [0.25, 0.3) is 0 Å². The van der Waals surface area contributed by atoms with Crippen molar-refractivity contribution in [3.05, 3.63) is 24.0 Å². The number of nitrogens with zero attached hydrogens (tertiary/aromatic N) is 2. The zero-order valence-corrected chi connectivity index (χ0v) is 11.1. The third-order valence-corrected chi connectivity index (χ3v) is 2.43. The first-order valence-corrected chi connectivity index (χ1v) is 5.90. The molecule has 4 nitrogen and oxygen atoms in total. The first-order chi connectivity index (χ1) is 8.10. The zero-order chi connectivity index (χ0) is 12.8. The van der Waals surface area contributed by atoms with Crippen LogP contribution in [0, 0.1) is 6.92 Å². The summed E-state index contributed by atoms with van der Waals surface area (Å²) in [5.74, 6) is 2.57. The average Bonchev–Trinajstić information content (AvgIpc) is 2.31. The Hall–Kier alpha value is -1.58. The second-order valence-electron chi connectivity index (χ2n) is 4.19. The lowest BCUT2D eigenvalue weighted by atomic mass is 10.2. The van der Waals surface area contributed by atoms with Gasteiger partial charge in [0.1, 0.15) is 11.6 Å². The van der Waals surface area contributed by atoms with Gasteiger partial charge >= 0.3 is 0 Å². The Bertz CT molecular complexity index is 388. The molecule has 0 fully saturated rings. The summed E-state index contributed by atoms with van der Waals surface area (Å²) >= 11 is 0. The third kappa shape index (κ3) is 3.44. The van der Waals surface area contributed by atoms with Crippen LogP contribution in [0.15, 0.2) is 12.7 Å². The smallest absolute Gasteiger partial charge is 0.221 e. The summed E-state index contributed by atoms with van der Waals surface area (Å²) < 4.78 is 5.65. The van der Waals surface area contributed by atoms with Gasteiger partial charge in [0.2, 0.25) is 5.88 Å². The van der Waals surface area contributed by atoms with Crippen LogP contribution in [-0.2, 0) is 0 Å². The van der Waals surface area contributed by atoms with Gasteiger partial charge in [0, 0.05) is 13.0 Å². The van der Waals surface area contributed by atoms with E-state index in [-0.39, 0.29) is 5.92 Å². The fourth-order valence-electron chi connectivity index (χ4n) is 1.39. The number of rotatable bonds is 6. The van der Waals surface area contributed by atoms with E-state index in [1.807, 2.05) is 20.0 Å². The quantitative estimate of drug-likeness (QED) is 0.608. The highest BCUT2D eigenvalue weighted by Gasteiger charge is 2.12. The van der Waals surface area contributed by atoms with E-state index >= 15 is 0 Å². The van der Waals surface area contributed by atoms with Crippen molar-refractivity contribution in [3.63, 3.8) is 0 Å². The van der Waals surface area contributed by atoms with E-state index in [0.29, 0.717) is 12.5 Å². The Labute approximate surface area is 103 Å². The second kappa shape index (κ2) is 6.23. The molecule has 0 aliphatic heterocycles. The number of anilines is 1. The Balaban J connectivity index is 3.00. The highest BCUT2D eigenvalue weighted by molar-refractivity contribution is 5.48.